The van der Waals surface area contributed by atoms with E-state index in [1.54, 1.807) is 6.26 Å². The van der Waals surface area contributed by atoms with E-state index < -0.39 is 10.8 Å². The number of rotatable bonds is 5. The summed E-state index contributed by atoms with van der Waals surface area (Å²) >= 11 is 0. The van der Waals surface area contributed by atoms with Gasteiger partial charge in [0.2, 0.25) is 0 Å². The molecular formula is C21H28N4OS. The first kappa shape index (κ1) is 18.4. The highest BCUT2D eigenvalue weighted by Gasteiger charge is 2.24. The van der Waals surface area contributed by atoms with Crippen molar-refractivity contribution in [3.63, 3.8) is 0 Å². The van der Waals surface area contributed by atoms with Crippen LogP contribution in [0.25, 0.3) is 21.9 Å². The second-order valence-corrected chi connectivity index (χ2v) is 8.99. The summed E-state index contributed by atoms with van der Waals surface area (Å²) in [6.45, 7) is 5.19. The summed E-state index contributed by atoms with van der Waals surface area (Å²) in [6.07, 6.45) is 10.2. The second-order valence-electron chi connectivity index (χ2n) is 7.62. The van der Waals surface area contributed by atoms with Crippen LogP contribution in [0.2, 0.25) is 0 Å². The summed E-state index contributed by atoms with van der Waals surface area (Å²) in [4.78, 5) is 5.78. The fourth-order valence-electron chi connectivity index (χ4n) is 4.38. The molecule has 1 saturated carbocycles. The Hall–Kier alpha value is -1.95. The van der Waals surface area contributed by atoms with Crippen LogP contribution < -0.4 is 5.32 Å². The van der Waals surface area contributed by atoms with Gasteiger partial charge in [-0.15, -0.1) is 0 Å². The zero-order valence-electron chi connectivity index (χ0n) is 16.4. The van der Waals surface area contributed by atoms with Crippen molar-refractivity contribution in [3.8, 4) is 0 Å². The van der Waals surface area contributed by atoms with E-state index in [1.165, 1.54) is 32.1 Å². The van der Waals surface area contributed by atoms with Gasteiger partial charge < -0.3 is 5.32 Å². The molecule has 2 atom stereocenters. The van der Waals surface area contributed by atoms with Crippen LogP contribution in [0.4, 0.5) is 5.69 Å². The Kier molecular flexibility index (Phi) is 5.17. The standard InChI is InChI=1S/C21H28N4OS/c1-4-22-20-17-12-16(27(3)26)10-11-19(17)24-21-18(20)13-23-25(21)14(2)15-8-6-5-7-9-15/h10-15H,4-9H2,1-3H3,(H,22,24)/t14-,27?/m0/s1. The highest BCUT2D eigenvalue weighted by molar-refractivity contribution is 7.84. The molecule has 6 heteroatoms. The highest BCUT2D eigenvalue weighted by atomic mass is 32.2. The number of nitrogens with one attached hydrogen (secondary N) is 1. The third-order valence-corrected chi connectivity index (χ3v) is 6.82. The number of benzene rings is 1. The van der Waals surface area contributed by atoms with E-state index in [0.29, 0.717) is 12.0 Å². The van der Waals surface area contributed by atoms with E-state index in [-0.39, 0.29) is 0 Å². The first-order chi connectivity index (χ1) is 13.1. The van der Waals surface area contributed by atoms with Gasteiger partial charge in [-0.2, -0.15) is 5.10 Å². The Morgan fingerprint density at radius 2 is 2.04 bits per heavy atom. The van der Waals surface area contributed by atoms with E-state index in [1.807, 2.05) is 24.4 Å². The molecule has 0 spiro atoms. The van der Waals surface area contributed by atoms with Crippen LogP contribution in [0.5, 0.6) is 0 Å². The lowest BCUT2D eigenvalue weighted by molar-refractivity contribution is 0.254. The summed E-state index contributed by atoms with van der Waals surface area (Å²) in [5.41, 5.74) is 2.92. The summed E-state index contributed by atoms with van der Waals surface area (Å²) in [5.74, 6) is 0.673. The molecule has 1 unspecified atom stereocenters. The minimum absolute atomic E-state index is 0.352. The van der Waals surface area contributed by atoms with Crippen LogP contribution in [-0.2, 0) is 10.8 Å². The van der Waals surface area contributed by atoms with E-state index in [2.05, 4.69) is 23.8 Å². The predicted molar refractivity (Wildman–Crippen MR) is 113 cm³/mol. The summed E-state index contributed by atoms with van der Waals surface area (Å²) < 4.78 is 14.1. The normalized spacial score (nSPS) is 18.0. The number of nitrogens with zero attached hydrogens (tertiary/aromatic N) is 3. The molecule has 0 aliphatic heterocycles. The van der Waals surface area contributed by atoms with Crippen LogP contribution in [0, 0.1) is 5.92 Å². The zero-order valence-corrected chi connectivity index (χ0v) is 17.2. The lowest BCUT2D eigenvalue weighted by Gasteiger charge is -2.28. The molecule has 1 fully saturated rings. The molecule has 27 heavy (non-hydrogen) atoms. The molecule has 0 amide bonds. The molecule has 1 N–H and O–H groups in total. The Morgan fingerprint density at radius 1 is 1.26 bits per heavy atom. The lowest BCUT2D eigenvalue weighted by atomic mass is 9.84. The molecule has 0 radical (unpaired) electrons. The van der Waals surface area contributed by atoms with Crippen molar-refractivity contribution in [3.05, 3.63) is 24.4 Å². The number of aromatic nitrogens is 3. The van der Waals surface area contributed by atoms with E-state index in [9.17, 15) is 4.21 Å². The van der Waals surface area contributed by atoms with Crippen LogP contribution in [0.15, 0.2) is 29.3 Å². The summed E-state index contributed by atoms with van der Waals surface area (Å²) in [5, 5.41) is 10.3. The van der Waals surface area contributed by atoms with Crippen LogP contribution in [0.3, 0.4) is 0 Å². The zero-order chi connectivity index (χ0) is 19.0. The topological polar surface area (TPSA) is 59.8 Å². The van der Waals surface area contributed by atoms with Crippen molar-refractivity contribution in [2.45, 2.75) is 56.9 Å². The average Bonchev–Trinajstić information content (AvgIpc) is 3.11. The third-order valence-electron chi connectivity index (χ3n) is 5.91. The van der Waals surface area contributed by atoms with Gasteiger partial charge in [0.05, 0.1) is 28.8 Å². The van der Waals surface area contributed by atoms with Gasteiger partial charge in [0.1, 0.15) is 0 Å². The first-order valence-electron chi connectivity index (χ1n) is 9.98. The van der Waals surface area contributed by atoms with Crippen molar-refractivity contribution in [1.82, 2.24) is 14.8 Å². The molecule has 3 aromatic rings. The van der Waals surface area contributed by atoms with Gasteiger partial charge in [-0.05, 0) is 50.8 Å². The quantitative estimate of drug-likeness (QED) is 0.680. The average molecular weight is 385 g/mol. The van der Waals surface area contributed by atoms with Crippen LogP contribution in [-0.4, -0.2) is 31.8 Å². The number of fused-ring (bicyclic) bond motifs is 2. The molecule has 5 nitrogen and oxygen atoms in total. The maximum atomic E-state index is 11.9. The minimum atomic E-state index is -1.01. The highest BCUT2D eigenvalue weighted by Crippen LogP contribution is 2.37. The number of anilines is 1. The van der Waals surface area contributed by atoms with Gasteiger partial charge in [-0.3, -0.25) is 4.21 Å². The Balaban J connectivity index is 1.88. The van der Waals surface area contributed by atoms with Gasteiger partial charge in [-0.1, -0.05) is 19.3 Å². The summed E-state index contributed by atoms with van der Waals surface area (Å²) in [7, 11) is -1.01. The van der Waals surface area contributed by atoms with E-state index in [0.717, 1.165) is 39.1 Å². The minimum Gasteiger partial charge on any atom is -0.384 e. The molecule has 2 aromatic heterocycles. The van der Waals surface area contributed by atoms with Gasteiger partial charge in [-0.25, -0.2) is 9.67 Å². The van der Waals surface area contributed by atoms with E-state index >= 15 is 0 Å². The van der Waals surface area contributed by atoms with Crippen LogP contribution >= 0.6 is 0 Å². The largest absolute Gasteiger partial charge is 0.384 e. The van der Waals surface area contributed by atoms with Gasteiger partial charge in [0.15, 0.2) is 5.65 Å². The number of hydrogen-bond donors (Lipinski definition) is 1. The fourth-order valence-corrected chi connectivity index (χ4v) is 4.92. The molecule has 0 saturated heterocycles. The van der Waals surface area contributed by atoms with Crippen molar-refractivity contribution in [1.29, 1.82) is 0 Å². The maximum absolute atomic E-state index is 11.9. The summed E-state index contributed by atoms with van der Waals surface area (Å²) in [6, 6.07) is 6.25. The second kappa shape index (κ2) is 7.58. The molecule has 0 bridgehead atoms. The SMILES string of the molecule is CCNc1c2cc(S(C)=O)ccc2nc2c1cnn2[C@@H](C)C1CCCCC1. The van der Waals surface area contributed by atoms with E-state index in [4.69, 9.17) is 10.1 Å². The molecule has 4 rings (SSSR count). The lowest BCUT2D eigenvalue weighted by Crippen LogP contribution is -2.20. The van der Waals surface area contributed by atoms with Crippen molar-refractivity contribution in [2.24, 2.45) is 5.92 Å². The molecule has 144 valence electrons. The molecule has 1 aliphatic rings. The van der Waals surface area contributed by atoms with Crippen molar-refractivity contribution >= 4 is 38.4 Å². The van der Waals surface area contributed by atoms with Crippen molar-refractivity contribution in [2.75, 3.05) is 18.1 Å². The maximum Gasteiger partial charge on any atom is 0.160 e. The molecule has 1 aliphatic carbocycles. The van der Waals surface area contributed by atoms with Gasteiger partial charge in [0.25, 0.3) is 0 Å². The molecule has 1 aromatic carbocycles. The van der Waals surface area contributed by atoms with Crippen LogP contribution in [0.1, 0.15) is 52.0 Å². The van der Waals surface area contributed by atoms with Gasteiger partial charge in [0, 0.05) is 33.9 Å². The van der Waals surface area contributed by atoms with Gasteiger partial charge >= 0.3 is 0 Å². The molecule has 2 heterocycles. The number of hydrogen-bond acceptors (Lipinski definition) is 4. The Bertz CT molecular complexity index is 991. The Labute approximate surface area is 163 Å². The fraction of sp³-hybridized carbons (Fsp3) is 0.524. The monoisotopic (exact) mass is 384 g/mol. The van der Waals surface area contributed by atoms with Crippen molar-refractivity contribution < 1.29 is 4.21 Å². The third kappa shape index (κ3) is 3.35. The predicted octanol–water partition coefficient (Wildman–Crippen LogP) is 4.90. The number of pyridine rings is 1. The Morgan fingerprint density at radius 3 is 2.74 bits per heavy atom. The first-order valence-corrected chi connectivity index (χ1v) is 11.5. The smallest absolute Gasteiger partial charge is 0.160 e. The molecular weight excluding hydrogens is 356 g/mol.